The van der Waals surface area contributed by atoms with E-state index in [2.05, 4.69) is 27.8 Å². The predicted molar refractivity (Wildman–Crippen MR) is 73.9 cm³/mol. The summed E-state index contributed by atoms with van der Waals surface area (Å²) in [6.45, 7) is 7.21. The molecule has 7 heteroatoms. The van der Waals surface area contributed by atoms with Gasteiger partial charge in [0.25, 0.3) is 0 Å². The van der Waals surface area contributed by atoms with Crippen molar-refractivity contribution in [2.45, 2.75) is 6.92 Å². The van der Waals surface area contributed by atoms with E-state index in [9.17, 15) is 14.5 Å². The maximum Gasteiger partial charge on any atom is 0.315 e. The van der Waals surface area contributed by atoms with Crippen LogP contribution in [0.3, 0.4) is 0 Å². The van der Waals surface area contributed by atoms with Crippen LogP contribution in [-0.4, -0.2) is 24.6 Å². The van der Waals surface area contributed by atoms with Crippen molar-refractivity contribution in [3.05, 3.63) is 44.7 Å². The Morgan fingerprint density at radius 1 is 1.63 bits per heavy atom. The van der Waals surface area contributed by atoms with E-state index in [1.165, 1.54) is 0 Å². The molecular formula is C12H14BrFN2O3. The SMILES string of the molecule is C=C(CNCC)COc1c(Br)cc(F)cc1[N+](=O)[O-]. The summed E-state index contributed by atoms with van der Waals surface area (Å²) < 4.78 is 18.7. The normalized spacial score (nSPS) is 10.3. The van der Waals surface area contributed by atoms with Gasteiger partial charge in [-0.2, -0.15) is 0 Å². The first kappa shape index (κ1) is 15.6. The molecule has 0 unspecified atom stereocenters. The second-order valence-electron chi connectivity index (χ2n) is 3.81. The fourth-order valence-electron chi connectivity index (χ4n) is 1.35. The Hall–Kier alpha value is -1.47. The zero-order valence-electron chi connectivity index (χ0n) is 10.4. The first-order chi connectivity index (χ1) is 8.95. The van der Waals surface area contributed by atoms with Crippen LogP contribution in [-0.2, 0) is 0 Å². The van der Waals surface area contributed by atoms with Gasteiger partial charge in [-0.05, 0) is 34.1 Å². The van der Waals surface area contributed by atoms with Gasteiger partial charge in [-0.3, -0.25) is 10.1 Å². The molecule has 1 rings (SSSR count). The molecule has 0 aliphatic rings. The van der Waals surface area contributed by atoms with Crippen molar-refractivity contribution in [1.82, 2.24) is 5.32 Å². The minimum atomic E-state index is -0.697. The summed E-state index contributed by atoms with van der Waals surface area (Å²) in [6.07, 6.45) is 0. The summed E-state index contributed by atoms with van der Waals surface area (Å²) in [5.41, 5.74) is 0.329. The van der Waals surface area contributed by atoms with Crippen molar-refractivity contribution in [1.29, 1.82) is 0 Å². The summed E-state index contributed by atoms with van der Waals surface area (Å²) in [4.78, 5) is 10.2. The van der Waals surface area contributed by atoms with Crippen LogP contribution in [0.15, 0.2) is 28.8 Å². The molecule has 1 aromatic carbocycles. The monoisotopic (exact) mass is 332 g/mol. The molecule has 0 aliphatic heterocycles. The van der Waals surface area contributed by atoms with E-state index in [0.29, 0.717) is 6.54 Å². The molecule has 0 saturated carbocycles. The van der Waals surface area contributed by atoms with Crippen molar-refractivity contribution in [2.75, 3.05) is 19.7 Å². The maximum absolute atomic E-state index is 13.1. The first-order valence-electron chi connectivity index (χ1n) is 5.59. The molecule has 0 atom stereocenters. The number of nitrogens with one attached hydrogen (secondary N) is 1. The molecular weight excluding hydrogens is 319 g/mol. The van der Waals surface area contributed by atoms with E-state index in [1.54, 1.807) is 0 Å². The highest BCUT2D eigenvalue weighted by atomic mass is 79.9. The van der Waals surface area contributed by atoms with E-state index < -0.39 is 16.4 Å². The van der Waals surface area contributed by atoms with Gasteiger partial charge in [0, 0.05) is 6.54 Å². The number of nitro benzene ring substituents is 1. The lowest BCUT2D eigenvalue weighted by Gasteiger charge is -2.11. The van der Waals surface area contributed by atoms with Crippen molar-refractivity contribution in [3.8, 4) is 5.75 Å². The molecule has 19 heavy (non-hydrogen) atoms. The lowest BCUT2D eigenvalue weighted by atomic mass is 10.3. The number of nitrogens with zero attached hydrogens (tertiary/aromatic N) is 1. The van der Waals surface area contributed by atoms with Crippen LogP contribution >= 0.6 is 15.9 Å². The zero-order valence-corrected chi connectivity index (χ0v) is 12.0. The molecule has 0 spiro atoms. The van der Waals surface area contributed by atoms with E-state index in [-0.39, 0.29) is 16.8 Å². The highest BCUT2D eigenvalue weighted by Gasteiger charge is 2.20. The Kier molecular flexibility index (Phi) is 5.91. The van der Waals surface area contributed by atoms with E-state index >= 15 is 0 Å². The molecule has 1 aromatic rings. The van der Waals surface area contributed by atoms with Crippen molar-refractivity contribution in [3.63, 3.8) is 0 Å². The molecule has 0 saturated heterocycles. The quantitative estimate of drug-likeness (QED) is 0.473. The Balaban J connectivity index is 2.83. The topological polar surface area (TPSA) is 64.4 Å². The maximum atomic E-state index is 13.1. The third-order valence-electron chi connectivity index (χ3n) is 2.23. The standard InChI is InChI=1S/C12H14BrFN2O3/c1-3-15-6-8(2)7-19-12-10(13)4-9(14)5-11(12)16(17)18/h4-5,15H,2-3,6-7H2,1H3. The molecule has 0 aliphatic carbocycles. The van der Waals surface area contributed by atoms with Crippen LogP contribution in [0.2, 0.25) is 0 Å². The third-order valence-corrected chi connectivity index (χ3v) is 2.82. The second-order valence-corrected chi connectivity index (χ2v) is 4.67. The highest BCUT2D eigenvalue weighted by molar-refractivity contribution is 9.10. The fraction of sp³-hybridized carbons (Fsp3) is 0.333. The van der Waals surface area contributed by atoms with Gasteiger partial charge >= 0.3 is 5.69 Å². The number of hydrogen-bond acceptors (Lipinski definition) is 4. The molecule has 0 amide bonds. The average molecular weight is 333 g/mol. The predicted octanol–water partition coefficient (Wildman–Crippen LogP) is 3.04. The van der Waals surface area contributed by atoms with Crippen LogP contribution < -0.4 is 10.1 Å². The van der Waals surface area contributed by atoms with Crippen LogP contribution in [0.5, 0.6) is 5.75 Å². The lowest BCUT2D eigenvalue weighted by Crippen LogP contribution is -2.19. The van der Waals surface area contributed by atoms with Crippen LogP contribution in [0.25, 0.3) is 0 Å². The molecule has 1 N–H and O–H groups in total. The Bertz CT molecular complexity index is 494. The van der Waals surface area contributed by atoms with Crippen molar-refractivity contribution < 1.29 is 14.1 Å². The van der Waals surface area contributed by atoms with E-state index in [1.807, 2.05) is 6.92 Å². The smallest absolute Gasteiger partial charge is 0.315 e. The van der Waals surface area contributed by atoms with Gasteiger partial charge in [-0.1, -0.05) is 13.5 Å². The Morgan fingerprint density at radius 2 is 2.32 bits per heavy atom. The summed E-state index contributed by atoms with van der Waals surface area (Å²) in [6, 6.07) is 1.95. The Morgan fingerprint density at radius 3 is 2.89 bits per heavy atom. The number of nitro groups is 1. The lowest BCUT2D eigenvalue weighted by molar-refractivity contribution is -0.386. The highest BCUT2D eigenvalue weighted by Crippen LogP contribution is 2.36. The Labute approximate surface area is 118 Å². The molecule has 104 valence electrons. The van der Waals surface area contributed by atoms with Gasteiger partial charge in [0.05, 0.1) is 15.5 Å². The second kappa shape index (κ2) is 7.20. The summed E-state index contributed by atoms with van der Waals surface area (Å²) in [7, 11) is 0. The van der Waals surface area contributed by atoms with Gasteiger partial charge in [-0.25, -0.2) is 4.39 Å². The number of rotatable bonds is 7. The van der Waals surface area contributed by atoms with Gasteiger partial charge in [0.15, 0.2) is 0 Å². The fourth-order valence-corrected chi connectivity index (χ4v) is 1.89. The van der Waals surface area contributed by atoms with Crippen molar-refractivity contribution in [2.24, 2.45) is 0 Å². The summed E-state index contributed by atoms with van der Waals surface area (Å²) in [5, 5.41) is 13.9. The number of ether oxygens (including phenoxy) is 1. The molecule has 0 aromatic heterocycles. The van der Waals surface area contributed by atoms with Crippen LogP contribution in [0, 0.1) is 15.9 Å². The molecule has 0 bridgehead atoms. The van der Waals surface area contributed by atoms with Gasteiger partial charge < -0.3 is 10.1 Å². The molecule has 0 fully saturated rings. The van der Waals surface area contributed by atoms with E-state index in [0.717, 1.165) is 24.3 Å². The van der Waals surface area contributed by atoms with Crippen LogP contribution in [0.1, 0.15) is 6.92 Å². The number of hydrogen-bond donors (Lipinski definition) is 1. The molecule has 0 radical (unpaired) electrons. The largest absolute Gasteiger partial charge is 0.481 e. The minimum Gasteiger partial charge on any atom is -0.481 e. The van der Waals surface area contributed by atoms with Crippen molar-refractivity contribution >= 4 is 21.6 Å². The molecule has 0 heterocycles. The number of benzene rings is 1. The van der Waals surface area contributed by atoms with Crippen LogP contribution in [0.4, 0.5) is 10.1 Å². The first-order valence-corrected chi connectivity index (χ1v) is 6.38. The number of likely N-dealkylation sites (N-methyl/N-ethyl adjacent to an activating group) is 1. The van der Waals surface area contributed by atoms with Gasteiger partial charge in [0.1, 0.15) is 12.4 Å². The molecule has 5 nitrogen and oxygen atoms in total. The average Bonchev–Trinajstić information content (AvgIpc) is 2.34. The minimum absolute atomic E-state index is 0.00375. The van der Waals surface area contributed by atoms with E-state index in [4.69, 9.17) is 4.74 Å². The summed E-state index contributed by atoms with van der Waals surface area (Å²) in [5.74, 6) is -0.693. The van der Waals surface area contributed by atoms with Gasteiger partial charge in [0.2, 0.25) is 5.75 Å². The zero-order chi connectivity index (χ0) is 14.4. The third kappa shape index (κ3) is 4.60. The number of halogens is 2. The van der Waals surface area contributed by atoms with Gasteiger partial charge in [-0.15, -0.1) is 0 Å². The summed E-state index contributed by atoms with van der Waals surface area (Å²) >= 11 is 3.05.